The molecule has 0 aromatic rings. The molecule has 0 aliphatic rings. The van der Waals surface area contributed by atoms with Gasteiger partial charge in [-0.05, 0) is 109 Å². The van der Waals surface area contributed by atoms with Crippen LogP contribution in [0.25, 0.3) is 0 Å². The van der Waals surface area contributed by atoms with Crippen molar-refractivity contribution >= 4 is 17.9 Å². The van der Waals surface area contributed by atoms with E-state index in [4.69, 9.17) is 14.2 Å². The maximum Gasteiger partial charge on any atom is 0.306 e. The number of hydrogen-bond acceptors (Lipinski definition) is 6. The Morgan fingerprint density at radius 1 is 0.299 bits per heavy atom. The molecule has 0 aromatic heterocycles. The highest BCUT2D eigenvalue weighted by atomic mass is 16.6. The van der Waals surface area contributed by atoms with Gasteiger partial charge in [0, 0.05) is 19.3 Å². The largest absolute Gasteiger partial charge is 0.462 e. The van der Waals surface area contributed by atoms with Gasteiger partial charge in [0.05, 0.1) is 0 Å². The van der Waals surface area contributed by atoms with Crippen LogP contribution in [0.1, 0.15) is 290 Å². The first-order valence-corrected chi connectivity index (χ1v) is 28.8. The van der Waals surface area contributed by atoms with Gasteiger partial charge in [0.15, 0.2) is 6.10 Å². The molecule has 6 nitrogen and oxygen atoms in total. The fraction of sp³-hybridized carbons (Fsp3) is 0.787. The Labute approximate surface area is 415 Å². The second-order valence-corrected chi connectivity index (χ2v) is 19.2. The molecule has 0 heterocycles. The van der Waals surface area contributed by atoms with Crippen molar-refractivity contribution in [1.82, 2.24) is 0 Å². The summed E-state index contributed by atoms with van der Waals surface area (Å²) in [5, 5.41) is 0. The number of unbranched alkanes of at least 4 members (excludes halogenated alkanes) is 31. The molecule has 0 bridgehead atoms. The minimum Gasteiger partial charge on any atom is -0.462 e. The van der Waals surface area contributed by atoms with Crippen LogP contribution in [-0.2, 0) is 28.6 Å². The van der Waals surface area contributed by atoms with Crippen LogP contribution in [0.4, 0.5) is 0 Å². The topological polar surface area (TPSA) is 78.9 Å². The lowest BCUT2D eigenvalue weighted by molar-refractivity contribution is -0.167. The van der Waals surface area contributed by atoms with E-state index in [-0.39, 0.29) is 31.1 Å². The third-order valence-electron chi connectivity index (χ3n) is 12.5. The second kappa shape index (κ2) is 55.7. The first-order chi connectivity index (χ1) is 33.0. The van der Waals surface area contributed by atoms with Gasteiger partial charge >= 0.3 is 17.9 Å². The van der Waals surface area contributed by atoms with Gasteiger partial charge in [-0.1, -0.05) is 223 Å². The summed E-state index contributed by atoms with van der Waals surface area (Å²) >= 11 is 0. The molecule has 0 fully saturated rings. The van der Waals surface area contributed by atoms with Gasteiger partial charge in [0.2, 0.25) is 0 Å². The summed E-state index contributed by atoms with van der Waals surface area (Å²) in [7, 11) is 0. The molecule has 0 saturated heterocycles. The predicted molar refractivity (Wildman–Crippen MR) is 288 cm³/mol. The zero-order valence-electron chi connectivity index (χ0n) is 44.4. The van der Waals surface area contributed by atoms with E-state index in [1.165, 1.54) is 161 Å². The lowest BCUT2D eigenvalue weighted by Crippen LogP contribution is -2.30. The number of ether oxygens (including phenoxy) is 3. The monoisotopic (exact) mass is 937 g/mol. The first-order valence-electron chi connectivity index (χ1n) is 28.8. The molecule has 0 amide bonds. The van der Waals surface area contributed by atoms with Crippen LogP contribution < -0.4 is 0 Å². The third-order valence-corrected chi connectivity index (χ3v) is 12.5. The van der Waals surface area contributed by atoms with Crippen molar-refractivity contribution in [3.05, 3.63) is 60.8 Å². The summed E-state index contributed by atoms with van der Waals surface area (Å²) in [6, 6.07) is 0. The molecule has 0 rings (SSSR count). The van der Waals surface area contributed by atoms with Crippen LogP contribution in [0.5, 0.6) is 0 Å². The normalized spacial score (nSPS) is 12.5. The summed E-state index contributed by atoms with van der Waals surface area (Å²) in [4.78, 5) is 38.1. The van der Waals surface area contributed by atoms with Crippen LogP contribution >= 0.6 is 0 Å². The summed E-state index contributed by atoms with van der Waals surface area (Å²) in [5.74, 6) is -0.892. The molecular weight excluding hydrogens is 829 g/mol. The Hall–Kier alpha value is -2.89. The maximum atomic E-state index is 12.8. The molecule has 0 unspecified atom stereocenters. The van der Waals surface area contributed by atoms with Crippen molar-refractivity contribution in [2.75, 3.05) is 13.2 Å². The summed E-state index contributed by atoms with van der Waals surface area (Å²) in [6.45, 7) is 6.58. The Kier molecular flexibility index (Phi) is 53.3. The van der Waals surface area contributed by atoms with E-state index < -0.39 is 6.10 Å². The van der Waals surface area contributed by atoms with Gasteiger partial charge in [-0.25, -0.2) is 0 Å². The average Bonchev–Trinajstić information content (AvgIpc) is 3.33. The minimum atomic E-state index is -0.783. The first kappa shape index (κ1) is 64.1. The van der Waals surface area contributed by atoms with Gasteiger partial charge in [-0.2, -0.15) is 0 Å². The number of carbonyl (C=O) groups is 3. The van der Waals surface area contributed by atoms with E-state index in [1.807, 2.05) is 0 Å². The number of allylic oxidation sites excluding steroid dienone is 10. The molecular formula is C61H108O6. The summed E-state index contributed by atoms with van der Waals surface area (Å²) < 4.78 is 16.9. The third kappa shape index (κ3) is 53.9. The summed E-state index contributed by atoms with van der Waals surface area (Å²) in [6.07, 6.45) is 69.2. The highest BCUT2D eigenvalue weighted by Crippen LogP contribution is 2.15. The fourth-order valence-corrected chi connectivity index (χ4v) is 8.09. The molecule has 388 valence electrons. The Balaban J connectivity index is 4.36. The Morgan fingerprint density at radius 3 is 0.866 bits per heavy atom. The van der Waals surface area contributed by atoms with Gasteiger partial charge in [-0.15, -0.1) is 0 Å². The van der Waals surface area contributed by atoms with Gasteiger partial charge in [-0.3, -0.25) is 14.4 Å². The van der Waals surface area contributed by atoms with Crippen LogP contribution in [0.2, 0.25) is 0 Å². The zero-order chi connectivity index (χ0) is 48.6. The molecule has 6 heteroatoms. The molecule has 0 aromatic carbocycles. The zero-order valence-corrected chi connectivity index (χ0v) is 44.4. The van der Waals surface area contributed by atoms with Crippen molar-refractivity contribution in [1.29, 1.82) is 0 Å². The van der Waals surface area contributed by atoms with Crippen LogP contribution in [0.3, 0.4) is 0 Å². The highest BCUT2D eigenvalue weighted by molar-refractivity contribution is 5.71. The van der Waals surface area contributed by atoms with Crippen LogP contribution in [0, 0.1) is 0 Å². The van der Waals surface area contributed by atoms with Crippen molar-refractivity contribution in [3.8, 4) is 0 Å². The number of hydrogen-bond donors (Lipinski definition) is 0. The molecule has 0 radical (unpaired) electrons. The average molecular weight is 938 g/mol. The van der Waals surface area contributed by atoms with E-state index in [1.54, 1.807) is 0 Å². The molecule has 0 N–H and O–H groups in total. The van der Waals surface area contributed by atoms with E-state index in [0.717, 1.165) is 89.9 Å². The molecule has 0 saturated carbocycles. The van der Waals surface area contributed by atoms with Crippen LogP contribution in [-0.4, -0.2) is 37.2 Å². The minimum absolute atomic E-state index is 0.0814. The predicted octanol–water partition coefficient (Wildman–Crippen LogP) is 19.2. The molecule has 0 aliphatic heterocycles. The SMILES string of the molecule is CCCCC/C=C\C/C=C\CCCCCCCCCCCC(=O)OC[C@H](COC(=O)CCCCCCCCC/C=C\C/C=C\CCCCC)OC(=O)CCCCCCC/C=C\CCCCCC. The van der Waals surface area contributed by atoms with Crippen LogP contribution in [0.15, 0.2) is 60.8 Å². The summed E-state index contributed by atoms with van der Waals surface area (Å²) in [5.41, 5.74) is 0. The van der Waals surface area contributed by atoms with E-state index in [0.29, 0.717) is 19.3 Å². The van der Waals surface area contributed by atoms with Crippen molar-refractivity contribution < 1.29 is 28.6 Å². The smallest absolute Gasteiger partial charge is 0.306 e. The van der Waals surface area contributed by atoms with E-state index in [2.05, 4.69) is 81.5 Å². The second-order valence-electron chi connectivity index (χ2n) is 19.2. The van der Waals surface area contributed by atoms with Gasteiger partial charge in [0.25, 0.3) is 0 Å². The Morgan fingerprint density at radius 2 is 0.537 bits per heavy atom. The van der Waals surface area contributed by atoms with Gasteiger partial charge < -0.3 is 14.2 Å². The molecule has 0 aliphatic carbocycles. The number of carbonyl (C=O) groups excluding carboxylic acids is 3. The quantitative estimate of drug-likeness (QED) is 0.0262. The highest BCUT2D eigenvalue weighted by Gasteiger charge is 2.19. The van der Waals surface area contributed by atoms with E-state index in [9.17, 15) is 14.4 Å². The number of rotatable bonds is 52. The molecule has 0 spiro atoms. The van der Waals surface area contributed by atoms with Crippen molar-refractivity contribution in [3.63, 3.8) is 0 Å². The fourth-order valence-electron chi connectivity index (χ4n) is 8.09. The maximum absolute atomic E-state index is 12.8. The van der Waals surface area contributed by atoms with E-state index >= 15 is 0 Å². The molecule has 67 heavy (non-hydrogen) atoms. The molecule has 1 atom stereocenters. The standard InChI is InChI=1S/C61H108O6/c1-4-7-10-13-16-19-22-25-27-29-30-32-34-37-39-42-45-48-51-54-60(63)66-57-58(67-61(64)55-52-49-46-43-40-35-24-21-18-15-12-9-6-3)56-65-59(62)53-50-47-44-41-38-36-33-31-28-26-23-20-17-14-11-8-5-2/h16-17,19-21,24-28,58H,4-15,18,22-23,29-57H2,1-3H3/b19-16-,20-17-,24-21-,27-25-,28-26-/t58-/m0/s1. The Bertz CT molecular complexity index is 1210. The lowest BCUT2D eigenvalue weighted by Gasteiger charge is -2.18. The van der Waals surface area contributed by atoms with Crippen molar-refractivity contribution in [2.45, 2.75) is 297 Å². The van der Waals surface area contributed by atoms with Crippen molar-refractivity contribution in [2.24, 2.45) is 0 Å². The lowest BCUT2D eigenvalue weighted by atomic mass is 10.1. The number of esters is 3. The van der Waals surface area contributed by atoms with Gasteiger partial charge in [0.1, 0.15) is 13.2 Å².